The quantitative estimate of drug-likeness (QED) is 0.431. The van der Waals surface area contributed by atoms with Gasteiger partial charge in [0.1, 0.15) is 11.4 Å². The first kappa shape index (κ1) is 14.8. The summed E-state index contributed by atoms with van der Waals surface area (Å²) in [6.07, 6.45) is 0.791. The van der Waals surface area contributed by atoms with E-state index in [0.29, 0.717) is 17.9 Å². The van der Waals surface area contributed by atoms with E-state index in [1.165, 1.54) is 11.1 Å². The molecule has 0 fully saturated rings. The van der Waals surface area contributed by atoms with Crippen molar-refractivity contribution in [3.63, 3.8) is 0 Å². The minimum atomic E-state index is -0.440. The Balaban J connectivity index is 2.08. The van der Waals surface area contributed by atoms with E-state index >= 15 is 0 Å². The summed E-state index contributed by atoms with van der Waals surface area (Å²) in [4.78, 5) is 10.7. The van der Waals surface area contributed by atoms with Gasteiger partial charge in [0.25, 0.3) is 0 Å². The van der Waals surface area contributed by atoms with E-state index in [9.17, 15) is 10.1 Å². The molecule has 0 aliphatic carbocycles. The Morgan fingerprint density at radius 1 is 1.19 bits per heavy atom. The summed E-state index contributed by atoms with van der Waals surface area (Å²) in [6, 6.07) is 13.2. The third kappa shape index (κ3) is 3.70. The van der Waals surface area contributed by atoms with Crippen LogP contribution in [0.2, 0.25) is 0 Å². The Labute approximate surface area is 123 Å². The van der Waals surface area contributed by atoms with E-state index in [2.05, 4.69) is 16.8 Å². The van der Waals surface area contributed by atoms with Gasteiger partial charge in [0.05, 0.1) is 4.92 Å². The SMILES string of the molecule is Cc1cccc(CCNc2cccc(NN)c2[N+](=O)[O-])c1. The number of nitrogen functional groups attached to an aromatic ring is 1. The van der Waals surface area contributed by atoms with E-state index in [1.807, 2.05) is 25.1 Å². The Morgan fingerprint density at radius 3 is 2.57 bits per heavy atom. The molecule has 2 rings (SSSR count). The summed E-state index contributed by atoms with van der Waals surface area (Å²) in [7, 11) is 0. The Bertz CT molecular complexity index is 643. The van der Waals surface area contributed by atoms with Crippen LogP contribution in [0.5, 0.6) is 0 Å². The minimum absolute atomic E-state index is 0.0377. The second-order valence-corrected chi connectivity index (χ2v) is 4.77. The lowest BCUT2D eigenvalue weighted by atomic mass is 10.1. The second kappa shape index (κ2) is 6.71. The topological polar surface area (TPSA) is 93.2 Å². The van der Waals surface area contributed by atoms with E-state index in [4.69, 9.17) is 5.84 Å². The molecule has 110 valence electrons. The van der Waals surface area contributed by atoms with E-state index < -0.39 is 4.92 Å². The number of para-hydroxylation sites is 1. The molecule has 0 aliphatic rings. The third-order valence-electron chi connectivity index (χ3n) is 3.19. The highest BCUT2D eigenvalue weighted by molar-refractivity contribution is 5.75. The summed E-state index contributed by atoms with van der Waals surface area (Å²) in [5.74, 6) is 5.31. The number of hydrazine groups is 1. The van der Waals surface area contributed by atoms with Gasteiger partial charge in [0.2, 0.25) is 0 Å². The smallest absolute Gasteiger partial charge is 0.316 e. The van der Waals surface area contributed by atoms with Crippen molar-refractivity contribution in [1.82, 2.24) is 0 Å². The molecule has 0 aliphatic heterocycles. The molecule has 0 radical (unpaired) electrons. The number of nitrogens with one attached hydrogen (secondary N) is 2. The molecule has 21 heavy (non-hydrogen) atoms. The molecular weight excluding hydrogens is 268 g/mol. The van der Waals surface area contributed by atoms with Crippen molar-refractivity contribution in [2.45, 2.75) is 13.3 Å². The van der Waals surface area contributed by atoms with Gasteiger partial charge in [-0.2, -0.15) is 0 Å². The Kier molecular flexibility index (Phi) is 4.73. The standard InChI is InChI=1S/C15H18N4O2/c1-11-4-2-5-12(10-11)8-9-17-13-6-3-7-14(18-16)15(13)19(20)21/h2-7,10,17-18H,8-9,16H2,1H3. The van der Waals surface area contributed by atoms with Crippen LogP contribution >= 0.6 is 0 Å². The van der Waals surface area contributed by atoms with Crippen LogP contribution in [0.1, 0.15) is 11.1 Å². The molecule has 0 atom stereocenters. The van der Waals surface area contributed by atoms with Crippen molar-refractivity contribution in [3.05, 3.63) is 63.7 Å². The number of nitrogens with two attached hydrogens (primary N) is 1. The van der Waals surface area contributed by atoms with Crippen molar-refractivity contribution >= 4 is 17.1 Å². The molecule has 0 heterocycles. The van der Waals surface area contributed by atoms with Crippen LogP contribution < -0.4 is 16.6 Å². The van der Waals surface area contributed by atoms with E-state index in [0.717, 1.165) is 6.42 Å². The lowest BCUT2D eigenvalue weighted by Crippen LogP contribution is -2.12. The van der Waals surface area contributed by atoms with Crippen LogP contribution in [-0.2, 0) is 6.42 Å². The predicted molar refractivity (Wildman–Crippen MR) is 84.3 cm³/mol. The number of hydrogen-bond donors (Lipinski definition) is 3. The first-order valence-corrected chi connectivity index (χ1v) is 6.65. The zero-order valence-electron chi connectivity index (χ0n) is 11.8. The number of rotatable bonds is 6. The fraction of sp³-hybridized carbons (Fsp3) is 0.200. The fourth-order valence-electron chi connectivity index (χ4n) is 2.21. The molecule has 0 saturated carbocycles. The third-order valence-corrected chi connectivity index (χ3v) is 3.19. The molecule has 0 bridgehead atoms. The Hall–Kier alpha value is -2.60. The maximum absolute atomic E-state index is 11.1. The molecule has 0 spiro atoms. The molecule has 6 heteroatoms. The number of nitro benzene ring substituents is 1. The van der Waals surface area contributed by atoms with Crippen LogP contribution in [0.15, 0.2) is 42.5 Å². The average molecular weight is 286 g/mol. The van der Waals surface area contributed by atoms with Crippen LogP contribution in [0, 0.1) is 17.0 Å². The van der Waals surface area contributed by atoms with Gasteiger partial charge in [-0.1, -0.05) is 35.9 Å². The number of benzene rings is 2. The van der Waals surface area contributed by atoms with Crippen molar-refractivity contribution in [3.8, 4) is 0 Å². The summed E-state index contributed by atoms with van der Waals surface area (Å²) >= 11 is 0. The first-order valence-electron chi connectivity index (χ1n) is 6.65. The van der Waals surface area contributed by atoms with Gasteiger partial charge in [0, 0.05) is 6.54 Å². The largest absolute Gasteiger partial charge is 0.379 e. The van der Waals surface area contributed by atoms with Gasteiger partial charge in [-0.3, -0.25) is 16.0 Å². The number of hydrogen-bond acceptors (Lipinski definition) is 5. The van der Waals surface area contributed by atoms with Crippen LogP contribution in [0.25, 0.3) is 0 Å². The molecule has 2 aromatic carbocycles. The predicted octanol–water partition coefficient (Wildman–Crippen LogP) is 2.84. The van der Waals surface area contributed by atoms with Crippen molar-refractivity contribution in [2.75, 3.05) is 17.3 Å². The van der Waals surface area contributed by atoms with Crippen LogP contribution in [0.3, 0.4) is 0 Å². The average Bonchev–Trinajstić information content (AvgIpc) is 2.46. The lowest BCUT2D eigenvalue weighted by Gasteiger charge is -2.10. The fourth-order valence-corrected chi connectivity index (χ4v) is 2.21. The van der Waals surface area contributed by atoms with Crippen LogP contribution in [-0.4, -0.2) is 11.5 Å². The minimum Gasteiger partial charge on any atom is -0.379 e. The van der Waals surface area contributed by atoms with Gasteiger partial charge in [-0.15, -0.1) is 0 Å². The molecular formula is C15H18N4O2. The zero-order valence-corrected chi connectivity index (χ0v) is 11.8. The van der Waals surface area contributed by atoms with Gasteiger partial charge >= 0.3 is 5.69 Å². The Morgan fingerprint density at radius 2 is 1.90 bits per heavy atom. The number of aryl methyl sites for hydroxylation is 1. The van der Waals surface area contributed by atoms with Crippen molar-refractivity contribution in [1.29, 1.82) is 0 Å². The summed E-state index contributed by atoms with van der Waals surface area (Å²) in [5.41, 5.74) is 5.46. The molecule has 0 aromatic heterocycles. The zero-order chi connectivity index (χ0) is 15.2. The molecule has 0 amide bonds. The second-order valence-electron chi connectivity index (χ2n) is 4.77. The lowest BCUT2D eigenvalue weighted by molar-refractivity contribution is -0.383. The number of anilines is 2. The van der Waals surface area contributed by atoms with E-state index in [-0.39, 0.29) is 5.69 Å². The monoisotopic (exact) mass is 286 g/mol. The summed E-state index contributed by atoms with van der Waals surface area (Å²) < 4.78 is 0. The summed E-state index contributed by atoms with van der Waals surface area (Å²) in [6.45, 7) is 2.65. The molecule has 6 nitrogen and oxygen atoms in total. The maximum Gasteiger partial charge on any atom is 0.316 e. The van der Waals surface area contributed by atoms with Gasteiger partial charge < -0.3 is 10.7 Å². The highest BCUT2D eigenvalue weighted by Gasteiger charge is 2.18. The maximum atomic E-state index is 11.1. The van der Waals surface area contributed by atoms with Crippen molar-refractivity contribution in [2.24, 2.45) is 5.84 Å². The number of nitro groups is 1. The highest BCUT2D eigenvalue weighted by atomic mass is 16.6. The molecule has 2 aromatic rings. The first-order chi connectivity index (χ1) is 10.1. The molecule has 0 unspecified atom stereocenters. The van der Waals surface area contributed by atoms with Crippen molar-refractivity contribution < 1.29 is 4.92 Å². The molecule has 0 saturated heterocycles. The van der Waals surface area contributed by atoms with Crippen LogP contribution in [0.4, 0.5) is 17.1 Å². The number of nitrogens with zero attached hydrogens (tertiary/aromatic N) is 1. The van der Waals surface area contributed by atoms with E-state index in [1.54, 1.807) is 18.2 Å². The highest BCUT2D eigenvalue weighted by Crippen LogP contribution is 2.31. The molecule has 4 N–H and O–H groups in total. The normalized spacial score (nSPS) is 10.2. The van der Waals surface area contributed by atoms with Gasteiger partial charge in [-0.05, 0) is 31.0 Å². The van der Waals surface area contributed by atoms with Gasteiger partial charge in [0.15, 0.2) is 0 Å². The summed E-state index contributed by atoms with van der Waals surface area (Å²) in [5, 5.41) is 14.2. The van der Waals surface area contributed by atoms with Gasteiger partial charge in [-0.25, -0.2) is 0 Å².